The Hall–Kier alpha value is -2.90. The van der Waals surface area contributed by atoms with E-state index >= 15 is 0 Å². The van der Waals surface area contributed by atoms with Gasteiger partial charge in [0.2, 0.25) is 0 Å². The van der Waals surface area contributed by atoms with Gasteiger partial charge in [0.1, 0.15) is 11.6 Å². The van der Waals surface area contributed by atoms with Crippen LogP contribution in [0.5, 0.6) is 10.8 Å². The van der Waals surface area contributed by atoms with Crippen LogP contribution in [-0.2, 0) is 17.9 Å². The minimum Gasteiger partial charge on any atom is -0.446 e. The number of benzene rings is 1. The van der Waals surface area contributed by atoms with E-state index in [0.717, 1.165) is 21.9 Å². The number of carbonyl (C=O) groups excluding carboxylic acids is 1. The van der Waals surface area contributed by atoms with Gasteiger partial charge in [-0.2, -0.15) is 0 Å². The number of nitrogens with zero attached hydrogens (tertiary/aromatic N) is 1. The number of amides is 1. The van der Waals surface area contributed by atoms with Gasteiger partial charge in [-0.25, -0.2) is 4.98 Å². The van der Waals surface area contributed by atoms with Crippen LogP contribution >= 0.6 is 11.3 Å². The molecule has 0 aliphatic rings. The minimum atomic E-state index is -0.265. The third kappa shape index (κ3) is 4.84. The molecule has 3 N–H and O–H groups in total. The standard InChI is InChI=1S/C20H21N3O3S/c1-13-9-10-27-20(13)26-16-6-3-14(4-7-16)11-22-19(24)17-8-5-15(12-25-2)23-18(17)21/h3-10H,11-12H2,1-2H3,(H2,21,23)(H,22,24). The first-order valence-electron chi connectivity index (χ1n) is 8.40. The normalized spacial score (nSPS) is 10.6. The van der Waals surface area contributed by atoms with E-state index in [0.29, 0.717) is 24.4 Å². The van der Waals surface area contributed by atoms with Crippen molar-refractivity contribution in [3.8, 4) is 10.8 Å². The zero-order valence-electron chi connectivity index (χ0n) is 15.2. The second kappa shape index (κ2) is 8.66. The summed E-state index contributed by atoms with van der Waals surface area (Å²) in [7, 11) is 1.58. The molecule has 1 aromatic carbocycles. The number of pyridine rings is 1. The molecule has 0 saturated heterocycles. The monoisotopic (exact) mass is 383 g/mol. The van der Waals surface area contributed by atoms with Crippen molar-refractivity contribution in [3.05, 3.63) is 70.2 Å². The van der Waals surface area contributed by atoms with Crippen LogP contribution in [0.1, 0.15) is 27.2 Å². The van der Waals surface area contributed by atoms with Crippen molar-refractivity contribution in [2.24, 2.45) is 0 Å². The molecule has 0 fully saturated rings. The highest BCUT2D eigenvalue weighted by Gasteiger charge is 2.11. The molecule has 0 unspecified atom stereocenters. The molecular weight excluding hydrogens is 362 g/mol. The number of nitrogen functional groups attached to an aromatic ring is 1. The Morgan fingerprint density at radius 2 is 1.96 bits per heavy atom. The fourth-order valence-corrected chi connectivity index (χ4v) is 3.25. The molecule has 3 rings (SSSR count). The first-order valence-corrected chi connectivity index (χ1v) is 9.28. The number of rotatable bonds is 7. The predicted octanol–water partition coefficient (Wildman–Crippen LogP) is 3.90. The van der Waals surface area contributed by atoms with Gasteiger partial charge in [0, 0.05) is 19.2 Å². The number of thiophene rings is 1. The number of carbonyl (C=O) groups is 1. The molecular formula is C20H21N3O3S. The first-order chi connectivity index (χ1) is 13.1. The third-order valence-corrected chi connectivity index (χ3v) is 4.81. The number of aryl methyl sites for hydroxylation is 1. The van der Waals surface area contributed by atoms with Crippen LogP contribution in [0.25, 0.3) is 0 Å². The maximum absolute atomic E-state index is 12.3. The van der Waals surface area contributed by atoms with Crippen molar-refractivity contribution in [2.45, 2.75) is 20.1 Å². The molecule has 0 radical (unpaired) electrons. The van der Waals surface area contributed by atoms with Crippen LogP contribution in [0.2, 0.25) is 0 Å². The molecule has 7 heteroatoms. The average Bonchev–Trinajstić information content (AvgIpc) is 3.06. The van der Waals surface area contributed by atoms with Crippen molar-refractivity contribution in [1.82, 2.24) is 10.3 Å². The van der Waals surface area contributed by atoms with Gasteiger partial charge in [-0.15, -0.1) is 11.3 Å². The number of hydrogen-bond acceptors (Lipinski definition) is 6. The lowest BCUT2D eigenvalue weighted by molar-refractivity contribution is 0.0951. The Kier molecular flexibility index (Phi) is 6.05. The van der Waals surface area contributed by atoms with Gasteiger partial charge in [-0.1, -0.05) is 12.1 Å². The Balaban J connectivity index is 1.58. The van der Waals surface area contributed by atoms with E-state index in [1.165, 1.54) is 0 Å². The SMILES string of the molecule is COCc1ccc(C(=O)NCc2ccc(Oc3sccc3C)cc2)c(N)n1. The fourth-order valence-electron chi connectivity index (χ4n) is 2.46. The summed E-state index contributed by atoms with van der Waals surface area (Å²) in [4.78, 5) is 16.5. The maximum atomic E-state index is 12.3. The van der Waals surface area contributed by atoms with E-state index in [-0.39, 0.29) is 11.7 Å². The molecule has 0 aliphatic carbocycles. The van der Waals surface area contributed by atoms with Gasteiger partial charge in [0.15, 0.2) is 5.06 Å². The van der Waals surface area contributed by atoms with Gasteiger partial charge in [-0.05, 0) is 48.2 Å². The lowest BCUT2D eigenvalue weighted by Crippen LogP contribution is -2.24. The molecule has 3 aromatic rings. The molecule has 140 valence electrons. The van der Waals surface area contributed by atoms with Crippen LogP contribution < -0.4 is 15.8 Å². The van der Waals surface area contributed by atoms with Gasteiger partial charge in [0.25, 0.3) is 5.91 Å². The van der Waals surface area contributed by atoms with E-state index in [9.17, 15) is 4.79 Å². The summed E-state index contributed by atoms with van der Waals surface area (Å²) in [5.41, 5.74) is 8.98. The highest BCUT2D eigenvalue weighted by molar-refractivity contribution is 7.12. The zero-order valence-corrected chi connectivity index (χ0v) is 16.0. The lowest BCUT2D eigenvalue weighted by Gasteiger charge is -2.09. The summed E-state index contributed by atoms with van der Waals surface area (Å²) in [6, 6.07) is 13.0. The minimum absolute atomic E-state index is 0.192. The number of nitrogens with two attached hydrogens (primary N) is 1. The van der Waals surface area contributed by atoms with E-state index in [2.05, 4.69) is 10.3 Å². The molecule has 0 saturated carbocycles. The molecule has 2 heterocycles. The number of anilines is 1. The van der Waals surface area contributed by atoms with Crippen molar-refractivity contribution < 1.29 is 14.3 Å². The number of hydrogen-bond donors (Lipinski definition) is 2. The smallest absolute Gasteiger partial charge is 0.255 e. The highest BCUT2D eigenvalue weighted by atomic mass is 32.1. The van der Waals surface area contributed by atoms with Crippen molar-refractivity contribution >= 4 is 23.1 Å². The number of ether oxygens (including phenoxy) is 2. The Bertz CT molecular complexity index is 922. The number of aromatic nitrogens is 1. The Morgan fingerprint density at radius 3 is 2.59 bits per heavy atom. The highest BCUT2D eigenvalue weighted by Crippen LogP contribution is 2.30. The van der Waals surface area contributed by atoms with Crippen LogP contribution in [-0.4, -0.2) is 18.0 Å². The van der Waals surface area contributed by atoms with Crippen LogP contribution in [0.15, 0.2) is 47.8 Å². The first kappa shape index (κ1) is 18.9. The quantitative estimate of drug-likeness (QED) is 0.646. The molecule has 1 amide bonds. The largest absolute Gasteiger partial charge is 0.446 e. The molecule has 0 bridgehead atoms. The maximum Gasteiger partial charge on any atom is 0.255 e. The van der Waals surface area contributed by atoms with E-state index in [1.807, 2.05) is 42.6 Å². The Morgan fingerprint density at radius 1 is 1.19 bits per heavy atom. The second-order valence-corrected chi connectivity index (χ2v) is 6.87. The summed E-state index contributed by atoms with van der Waals surface area (Å²) >= 11 is 1.56. The van der Waals surface area contributed by atoms with Crippen molar-refractivity contribution in [1.29, 1.82) is 0 Å². The van der Waals surface area contributed by atoms with Crippen molar-refractivity contribution in [2.75, 3.05) is 12.8 Å². The van der Waals surface area contributed by atoms with Gasteiger partial charge < -0.3 is 20.5 Å². The van der Waals surface area contributed by atoms with Crippen LogP contribution in [0.4, 0.5) is 5.82 Å². The van der Waals surface area contributed by atoms with Gasteiger partial charge in [0.05, 0.1) is 17.9 Å². The molecule has 27 heavy (non-hydrogen) atoms. The lowest BCUT2D eigenvalue weighted by atomic mass is 10.2. The van der Waals surface area contributed by atoms with E-state index < -0.39 is 0 Å². The zero-order chi connectivity index (χ0) is 19.2. The van der Waals surface area contributed by atoms with Gasteiger partial charge in [-0.3, -0.25) is 4.79 Å². The van der Waals surface area contributed by atoms with E-state index in [4.69, 9.17) is 15.2 Å². The third-order valence-electron chi connectivity index (χ3n) is 3.92. The van der Waals surface area contributed by atoms with Gasteiger partial charge >= 0.3 is 0 Å². The average molecular weight is 383 g/mol. The molecule has 0 aliphatic heterocycles. The fraction of sp³-hybridized carbons (Fsp3) is 0.200. The van der Waals surface area contributed by atoms with Crippen LogP contribution in [0.3, 0.4) is 0 Å². The summed E-state index contributed by atoms with van der Waals surface area (Å²) in [6.07, 6.45) is 0. The molecule has 6 nitrogen and oxygen atoms in total. The second-order valence-electron chi connectivity index (χ2n) is 5.99. The van der Waals surface area contributed by atoms with Crippen molar-refractivity contribution in [3.63, 3.8) is 0 Å². The molecule has 0 spiro atoms. The summed E-state index contributed by atoms with van der Waals surface area (Å²) in [5, 5.41) is 5.73. The summed E-state index contributed by atoms with van der Waals surface area (Å²) < 4.78 is 10.9. The topological polar surface area (TPSA) is 86.5 Å². The Labute approximate surface area is 162 Å². The number of methoxy groups -OCH3 is 1. The summed E-state index contributed by atoms with van der Waals surface area (Å²) in [6.45, 7) is 2.75. The molecule has 2 aromatic heterocycles. The number of nitrogens with one attached hydrogen (secondary N) is 1. The van der Waals surface area contributed by atoms with E-state index in [1.54, 1.807) is 30.6 Å². The summed E-state index contributed by atoms with van der Waals surface area (Å²) in [5.74, 6) is 0.688. The predicted molar refractivity (Wildman–Crippen MR) is 106 cm³/mol. The molecule has 0 atom stereocenters. The van der Waals surface area contributed by atoms with Crippen LogP contribution in [0, 0.1) is 6.92 Å².